The summed E-state index contributed by atoms with van der Waals surface area (Å²) in [5.41, 5.74) is 1.83. The predicted octanol–water partition coefficient (Wildman–Crippen LogP) is 3.56. The zero-order chi connectivity index (χ0) is 24.9. The zero-order valence-corrected chi connectivity index (χ0v) is 20.4. The van der Waals surface area contributed by atoms with Crippen LogP contribution >= 0.6 is 0 Å². The first-order valence-electron chi connectivity index (χ1n) is 11.3. The van der Waals surface area contributed by atoms with Crippen molar-refractivity contribution >= 4 is 33.4 Å². The highest BCUT2D eigenvalue weighted by molar-refractivity contribution is 7.89. The van der Waals surface area contributed by atoms with Gasteiger partial charge in [0.2, 0.25) is 15.9 Å². The minimum Gasteiger partial charge on any atom is -0.456 e. The minimum absolute atomic E-state index is 0.107. The number of amides is 1. The number of carbonyl (C=O) groups is 3. The summed E-state index contributed by atoms with van der Waals surface area (Å²) in [7, 11) is -3.85. The first-order chi connectivity index (χ1) is 16.1. The normalized spacial score (nSPS) is 16.4. The summed E-state index contributed by atoms with van der Waals surface area (Å²) in [6.07, 6.45) is 1.26. The van der Waals surface area contributed by atoms with E-state index in [4.69, 9.17) is 4.74 Å². The maximum absolute atomic E-state index is 13.0. The minimum atomic E-state index is -3.85. The third-order valence-electron chi connectivity index (χ3n) is 5.53. The highest BCUT2D eigenvalue weighted by atomic mass is 32.2. The lowest BCUT2D eigenvalue weighted by atomic mass is 10.1. The first-order valence-corrected chi connectivity index (χ1v) is 12.7. The molecule has 0 bridgehead atoms. The molecule has 1 atom stereocenters. The van der Waals surface area contributed by atoms with Crippen LogP contribution in [0, 0.1) is 12.8 Å². The van der Waals surface area contributed by atoms with E-state index in [1.807, 2.05) is 20.8 Å². The first kappa shape index (κ1) is 25.6. The van der Waals surface area contributed by atoms with E-state index in [0.29, 0.717) is 30.5 Å². The van der Waals surface area contributed by atoms with Gasteiger partial charge in [0.25, 0.3) is 0 Å². The van der Waals surface area contributed by atoms with Gasteiger partial charge in [0.05, 0.1) is 4.90 Å². The van der Waals surface area contributed by atoms with Gasteiger partial charge in [-0.25, -0.2) is 8.42 Å². The van der Waals surface area contributed by atoms with Gasteiger partial charge in [-0.05, 0) is 62.1 Å². The molecule has 8 nitrogen and oxygen atoms in total. The Hall–Kier alpha value is -3.04. The monoisotopic (exact) mass is 486 g/mol. The molecule has 2 aromatic rings. The topological polar surface area (TPSA) is 110 Å². The maximum Gasteiger partial charge on any atom is 0.324 e. The second-order valence-electron chi connectivity index (χ2n) is 8.84. The third-order valence-corrected chi connectivity index (χ3v) is 7.46. The third kappa shape index (κ3) is 6.30. The highest BCUT2D eigenvalue weighted by Crippen LogP contribution is 2.27. The van der Waals surface area contributed by atoms with E-state index in [0.717, 1.165) is 9.87 Å². The van der Waals surface area contributed by atoms with Crippen molar-refractivity contribution < 1.29 is 27.5 Å². The summed E-state index contributed by atoms with van der Waals surface area (Å²) in [4.78, 5) is 37.1. The molecule has 2 aromatic carbocycles. The van der Waals surface area contributed by atoms with Gasteiger partial charge < -0.3 is 10.1 Å². The van der Waals surface area contributed by atoms with Crippen molar-refractivity contribution in [2.45, 2.75) is 51.0 Å². The average Bonchev–Trinajstić information content (AvgIpc) is 3.28. The van der Waals surface area contributed by atoms with Gasteiger partial charge in [0.15, 0.2) is 12.4 Å². The Bertz CT molecular complexity index is 1140. The van der Waals surface area contributed by atoms with E-state index in [1.165, 1.54) is 12.1 Å². The lowest BCUT2D eigenvalue weighted by Crippen LogP contribution is -2.41. The van der Waals surface area contributed by atoms with Gasteiger partial charge in [-0.2, -0.15) is 4.31 Å². The van der Waals surface area contributed by atoms with Crippen LogP contribution in [0.1, 0.15) is 49.0 Å². The molecule has 1 amide bonds. The number of rotatable bonds is 9. The molecule has 0 aliphatic carbocycles. The van der Waals surface area contributed by atoms with Crippen molar-refractivity contribution in [3.8, 4) is 0 Å². The van der Waals surface area contributed by atoms with E-state index in [9.17, 15) is 22.8 Å². The van der Waals surface area contributed by atoms with Crippen LogP contribution in [-0.2, 0) is 24.3 Å². The second kappa shape index (κ2) is 10.9. The Labute approximate surface area is 200 Å². The predicted molar refractivity (Wildman–Crippen MR) is 128 cm³/mol. The quantitative estimate of drug-likeness (QED) is 0.429. The van der Waals surface area contributed by atoms with Crippen molar-refractivity contribution in [2.24, 2.45) is 5.92 Å². The number of anilines is 1. The molecule has 0 spiro atoms. The van der Waals surface area contributed by atoms with Gasteiger partial charge in [-0.3, -0.25) is 14.4 Å². The maximum atomic E-state index is 13.0. The molecule has 1 heterocycles. The molecule has 1 unspecified atom stereocenters. The lowest BCUT2D eigenvalue weighted by Gasteiger charge is -2.22. The molecule has 1 aliphatic rings. The van der Waals surface area contributed by atoms with Crippen LogP contribution in [0.2, 0.25) is 0 Å². The SMILES string of the molecule is Cc1ccc(S(=O)(=O)N2CCCC2C(=O)OCC(=O)c2ccc(NC(=O)CC(C)C)cc2)cc1. The van der Waals surface area contributed by atoms with E-state index < -0.39 is 34.4 Å². The molecule has 3 rings (SSSR count). The Morgan fingerprint density at radius 3 is 2.32 bits per heavy atom. The number of hydrogen-bond donors (Lipinski definition) is 1. The molecule has 182 valence electrons. The van der Waals surface area contributed by atoms with Gasteiger partial charge in [0.1, 0.15) is 6.04 Å². The zero-order valence-electron chi connectivity index (χ0n) is 19.6. The van der Waals surface area contributed by atoms with Crippen LogP contribution in [-0.4, -0.2) is 49.6 Å². The number of Topliss-reactive ketones (excluding diaryl/α,β-unsaturated/α-hetero) is 1. The van der Waals surface area contributed by atoms with Crippen molar-refractivity contribution in [1.82, 2.24) is 4.31 Å². The number of nitrogens with zero attached hydrogens (tertiary/aromatic N) is 1. The van der Waals surface area contributed by atoms with E-state index >= 15 is 0 Å². The highest BCUT2D eigenvalue weighted by Gasteiger charge is 2.40. The summed E-state index contributed by atoms with van der Waals surface area (Å²) in [5.74, 6) is -1.03. The Morgan fingerprint density at radius 1 is 1.06 bits per heavy atom. The number of ketones is 1. The van der Waals surface area contributed by atoms with E-state index in [2.05, 4.69) is 5.32 Å². The number of carbonyl (C=O) groups excluding carboxylic acids is 3. The molecular formula is C25H30N2O6S. The van der Waals surface area contributed by atoms with Crippen LogP contribution in [0.3, 0.4) is 0 Å². The second-order valence-corrected chi connectivity index (χ2v) is 10.7. The molecule has 1 aliphatic heterocycles. The standard InChI is InChI=1S/C25H30N2O6S/c1-17(2)15-24(29)26-20-10-8-19(9-11-20)23(28)16-33-25(30)22-5-4-14-27(22)34(31,32)21-12-6-18(3)7-13-21/h6-13,17,22H,4-5,14-16H2,1-3H3,(H,26,29). The number of aryl methyl sites for hydroxylation is 1. The summed E-state index contributed by atoms with van der Waals surface area (Å²) in [6.45, 7) is 5.48. The molecule has 1 saturated heterocycles. The van der Waals surface area contributed by atoms with E-state index in [-0.39, 0.29) is 23.3 Å². The van der Waals surface area contributed by atoms with Gasteiger partial charge in [-0.1, -0.05) is 31.5 Å². The Kier molecular flexibility index (Phi) is 8.22. The van der Waals surface area contributed by atoms with Crippen LogP contribution in [0.15, 0.2) is 53.4 Å². The number of esters is 1. The van der Waals surface area contributed by atoms with Crippen LogP contribution in [0.5, 0.6) is 0 Å². The van der Waals surface area contributed by atoms with Crippen LogP contribution < -0.4 is 5.32 Å². The molecule has 34 heavy (non-hydrogen) atoms. The molecule has 0 saturated carbocycles. The van der Waals surface area contributed by atoms with Crippen LogP contribution in [0.25, 0.3) is 0 Å². The molecule has 0 aromatic heterocycles. The van der Waals surface area contributed by atoms with Crippen molar-refractivity contribution in [1.29, 1.82) is 0 Å². The summed E-state index contributed by atoms with van der Waals surface area (Å²) < 4.78 is 32.4. The molecule has 1 N–H and O–H groups in total. The molecule has 1 fully saturated rings. The fraction of sp³-hybridized carbons (Fsp3) is 0.400. The fourth-order valence-electron chi connectivity index (χ4n) is 3.75. The average molecular weight is 487 g/mol. The number of ether oxygens (including phenoxy) is 1. The summed E-state index contributed by atoms with van der Waals surface area (Å²) in [5, 5.41) is 2.76. The van der Waals surface area contributed by atoms with Crippen molar-refractivity contribution in [2.75, 3.05) is 18.5 Å². The molecule has 9 heteroatoms. The van der Waals surface area contributed by atoms with Gasteiger partial charge in [-0.15, -0.1) is 0 Å². The van der Waals surface area contributed by atoms with Gasteiger partial charge in [0, 0.05) is 24.2 Å². The largest absolute Gasteiger partial charge is 0.456 e. The fourth-order valence-corrected chi connectivity index (χ4v) is 5.39. The smallest absolute Gasteiger partial charge is 0.324 e. The lowest BCUT2D eigenvalue weighted by molar-refractivity contribution is -0.146. The summed E-state index contributed by atoms with van der Waals surface area (Å²) in [6, 6.07) is 11.8. The summed E-state index contributed by atoms with van der Waals surface area (Å²) >= 11 is 0. The van der Waals surface area contributed by atoms with Crippen LogP contribution in [0.4, 0.5) is 5.69 Å². The Balaban J connectivity index is 1.58. The Morgan fingerprint density at radius 2 is 1.71 bits per heavy atom. The van der Waals surface area contributed by atoms with Crippen molar-refractivity contribution in [3.05, 3.63) is 59.7 Å². The number of sulfonamides is 1. The molecular weight excluding hydrogens is 456 g/mol. The number of hydrogen-bond acceptors (Lipinski definition) is 6. The number of nitrogens with one attached hydrogen (secondary N) is 1. The number of benzene rings is 2. The molecule has 0 radical (unpaired) electrons. The van der Waals surface area contributed by atoms with Crippen molar-refractivity contribution in [3.63, 3.8) is 0 Å². The van der Waals surface area contributed by atoms with E-state index in [1.54, 1.807) is 36.4 Å². The van der Waals surface area contributed by atoms with Gasteiger partial charge >= 0.3 is 5.97 Å².